The van der Waals surface area contributed by atoms with Crippen LogP contribution in [0, 0.1) is 10.1 Å². The Morgan fingerprint density at radius 3 is 2.27 bits per heavy atom. The van der Waals surface area contributed by atoms with E-state index in [0.29, 0.717) is 6.08 Å². The summed E-state index contributed by atoms with van der Waals surface area (Å²) in [6, 6.07) is 8.40. The molecule has 0 saturated heterocycles. The lowest BCUT2D eigenvalue weighted by Gasteiger charge is -2.07. The molecular formula is C14H7NO7-2. The zero-order valence-electron chi connectivity index (χ0n) is 10.8. The van der Waals surface area contributed by atoms with Crippen molar-refractivity contribution >= 4 is 23.7 Å². The molecule has 0 atom stereocenters. The summed E-state index contributed by atoms with van der Waals surface area (Å²) in [5.41, 5.74) is -1.12. The lowest BCUT2D eigenvalue weighted by atomic mass is 10.1. The van der Waals surface area contributed by atoms with Crippen molar-refractivity contribution in [2.24, 2.45) is 0 Å². The summed E-state index contributed by atoms with van der Waals surface area (Å²) >= 11 is 0. The van der Waals surface area contributed by atoms with Gasteiger partial charge in [0.2, 0.25) is 0 Å². The summed E-state index contributed by atoms with van der Waals surface area (Å²) in [5.74, 6) is -3.88. The van der Waals surface area contributed by atoms with Gasteiger partial charge in [-0.1, -0.05) is 12.1 Å². The Hall–Kier alpha value is -3.42. The van der Waals surface area contributed by atoms with Crippen molar-refractivity contribution in [2.75, 3.05) is 0 Å². The molecule has 2 aromatic rings. The van der Waals surface area contributed by atoms with E-state index >= 15 is 0 Å². The minimum atomic E-state index is -1.93. The number of carbonyl (C=O) groups is 2. The van der Waals surface area contributed by atoms with Gasteiger partial charge in [-0.2, -0.15) is 0 Å². The van der Waals surface area contributed by atoms with E-state index in [9.17, 15) is 29.9 Å². The molecule has 0 spiro atoms. The number of benzene rings is 1. The summed E-state index contributed by atoms with van der Waals surface area (Å²) in [4.78, 5) is 31.6. The van der Waals surface area contributed by atoms with E-state index in [0.717, 1.165) is 0 Å². The molecule has 1 aromatic carbocycles. The molecule has 0 radical (unpaired) electrons. The van der Waals surface area contributed by atoms with Crippen LogP contribution in [-0.2, 0) is 9.59 Å². The largest absolute Gasteiger partial charge is 0.545 e. The first-order valence-corrected chi connectivity index (χ1v) is 5.88. The van der Waals surface area contributed by atoms with Crippen LogP contribution in [0.3, 0.4) is 0 Å². The first kappa shape index (κ1) is 15.0. The van der Waals surface area contributed by atoms with Crippen molar-refractivity contribution in [3.05, 3.63) is 57.8 Å². The molecule has 0 N–H and O–H groups in total. The maximum atomic E-state index is 10.9. The zero-order valence-corrected chi connectivity index (χ0v) is 10.8. The van der Waals surface area contributed by atoms with Crippen molar-refractivity contribution in [2.45, 2.75) is 0 Å². The predicted octanol–water partition coefficient (Wildman–Crippen LogP) is -0.262. The maximum absolute atomic E-state index is 10.9. The third-order valence-electron chi connectivity index (χ3n) is 2.72. The van der Waals surface area contributed by atoms with Crippen LogP contribution < -0.4 is 10.2 Å². The molecule has 0 aliphatic carbocycles. The van der Waals surface area contributed by atoms with Gasteiger partial charge in [0, 0.05) is 11.6 Å². The van der Waals surface area contributed by atoms with E-state index in [1.165, 1.54) is 30.3 Å². The fraction of sp³-hybridized carbons (Fsp3) is 0. The molecular weight excluding hydrogens is 294 g/mol. The molecule has 0 aliphatic heterocycles. The number of rotatable bonds is 5. The second kappa shape index (κ2) is 5.92. The standard InChI is InChI=1S/C14H9NO7/c16-13(17)10(14(18)19)7-8-5-6-12(22-8)9-3-1-2-4-11(9)15(20)21/h1-7H,(H,16,17)(H,18,19)/p-2. The summed E-state index contributed by atoms with van der Waals surface area (Å²) in [6.07, 6.45) is 0.711. The van der Waals surface area contributed by atoms with Gasteiger partial charge in [-0.05, 0) is 24.3 Å². The van der Waals surface area contributed by atoms with Crippen molar-refractivity contribution in [3.8, 4) is 11.3 Å². The molecule has 2 rings (SSSR count). The van der Waals surface area contributed by atoms with Crippen molar-refractivity contribution < 1.29 is 29.1 Å². The molecule has 0 saturated carbocycles. The van der Waals surface area contributed by atoms with E-state index in [4.69, 9.17) is 4.42 Å². The van der Waals surface area contributed by atoms with Gasteiger partial charge < -0.3 is 24.2 Å². The van der Waals surface area contributed by atoms with E-state index < -0.39 is 22.4 Å². The molecule has 8 heteroatoms. The number of hydrogen-bond acceptors (Lipinski definition) is 7. The molecule has 8 nitrogen and oxygen atoms in total. The zero-order chi connectivity index (χ0) is 16.3. The average molecular weight is 301 g/mol. The summed E-state index contributed by atoms with van der Waals surface area (Å²) in [6.45, 7) is 0. The van der Waals surface area contributed by atoms with Crippen LogP contribution in [0.2, 0.25) is 0 Å². The van der Waals surface area contributed by atoms with Gasteiger partial charge in [-0.3, -0.25) is 10.1 Å². The van der Waals surface area contributed by atoms with E-state index in [1.54, 1.807) is 6.07 Å². The number of para-hydroxylation sites is 1. The monoisotopic (exact) mass is 301 g/mol. The van der Waals surface area contributed by atoms with Crippen LogP contribution >= 0.6 is 0 Å². The van der Waals surface area contributed by atoms with Gasteiger partial charge in [0.15, 0.2) is 0 Å². The number of carboxylic acids is 2. The quantitative estimate of drug-likeness (QED) is 0.244. The molecule has 112 valence electrons. The Morgan fingerprint density at radius 2 is 1.68 bits per heavy atom. The minimum absolute atomic E-state index is 0.0922. The maximum Gasteiger partial charge on any atom is 0.280 e. The van der Waals surface area contributed by atoms with Crippen molar-refractivity contribution in [3.63, 3.8) is 0 Å². The van der Waals surface area contributed by atoms with Gasteiger partial charge >= 0.3 is 0 Å². The second-order valence-electron chi connectivity index (χ2n) is 4.11. The normalized spacial score (nSPS) is 10.0. The van der Waals surface area contributed by atoms with E-state index in [2.05, 4.69) is 0 Å². The minimum Gasteiger partial charge on any atom is -0.545 e. The number of furan rings is 1. The number of carboxylic acid groups (broad SMARTS) is 2. The van der Waals surface area contributed by atoms with E-state index in [1.807, 2.05) is 0 Å². The van der Waals surface area contributed by atoms with Crippen LogP contribution in [0.25, 0.3) is 17.4 Å². The van der Waals surface area contributed by atoms with Gasteiger partial charge in [0.05, 0.1) is 22.4 Å². The average Bonchev–Trinajstić information content (AvgIpc) is 2.92. The Labute approximate surface area is 123 Å². The van der Waals surface area contributed by atoms with Crippen molar-refractivity contribution in [1.82, 2.24) is 0 Å². The number of aliphatic carboxylic acids is 2. The molecule has 0 bridgehead atoms. The number of nitro groups is 1. The van der Waals surface area contributed by atoms with Gasteiger partial charge in [0.1, 0.15) is 11.5 Å². The Balaban J connectivity index is 2.45. The van der Waals surface area contributed by atoms with Gasteiger partial charge in [-0.15, -0.1) is 0 Å². The first-order chi connectivity index (χ1) is 10.4. The third-order valence-corrected chi connectivity index (χ3v) is 2.72. The molecule has 22 heavy (non-hydrogen) atoms. The lowest BCUT2D eigenvalue weighted by Crippen LogP contribution is -2.35. The summed E-state index contributed by atoms with van der Waals surface area (Å²) < 4.78 is 5.23. The smallest absolute Gasteiger partial charge is 0.280 e. The number of carbonyl (C=O) groups excluding carboxylic acids is 2. The molecule has 0 aliphatic rings. The van der Waals surface area contributed by atoms with Gasteiger partial charge in [0.25, 0.3) is 5.69 Å². The lowest BCUT2D eigenvalue weighted by molar-refractivity contribution is -0.384. The molecule has 1 heterocycles. The van der Waals surface area contributed by atoms with Crippen LogP contribution in [0.1, 0.15) is 5.76 Å². The van der Waals surface area contributed by atoms with E-state index in [-0.39, 0.29) is 22.8 Å². The van der Waals surface area contributed by atoms with Crippen LogP contribution in [0.5, 0.6) is 0 Å². The predicted molar refractivity (Wildman–Crippen MR) is 68.8 cm³/mol. The van der Waals surface area contributed by atoms with Gasteiger partial charge in [-0.25, -0.2) is 0 Å². The van der Waals surface area contributed by atoms with Crippen LogP contribution in [-0.4, -0.2) is 16.9 Å². The highest BCUT2D eigenvalue weighted by Gasteiger charge is 2.17. The first-order valence-electron chi connectivity index (χ1n) is 5.88. The highest BCUT2D eigenvalue weighted by molar-refractivity contribution is 6.14. The number of hydrogen-bond donors (Lipinski definition) is 0. The molecule has 0 amide bonds. The SMILES string of the molecule is O=C([O-])C(=Cc1ccc(-c2ccccc2[N+](=O)[O-])o1)C(=O)[O-]. The fourth-order valence-electron chi connectivity index (χ4n) is 1.76. The summed E-state index contributed by atoms with van der Waals surface area (Å²) in [5, 5.41) is 32.2. The highest BCUT2D eigenvalue weighted by atomic mass is 16.6. The third kappa shape index (κ3) is 3.01. The Bertz CT molecular complexity index is 772. The van der Waals surface area contributed by atoms with Crippen LogP contribution in [0.4, 0.5) is 5.69 Å². The second-order valence-corrected chi connectivity index (χ2v) is 4.11. The number of nitro benzene ring substituents is 1. The highest BCUT2D eigenvalue weighted by Crippen LogP contribution is 2.31. The Kier molecular flexibility index (Phi) is 4.03. The van der Waals surface area contributed by atoms with Crippen molar-refractivity contribution in [1.29, 1.82) is 0 Å². The topological polar surface area (TPSA) is 137 Å². The molecule has 0 fully saturated rings. The van der Waals surface area contributed by atoms with Crippen LogP contribution in [0.15, 0.2) is 46.4 Å². The fourth-order valence-corrected chi connectivity index (χ4v) is 1.76. The molecule has 1 aromatic heterocycles. The summed E-state index contributed by atoms with van der Waals surface area (Å²) in [7, 11) is 0. The molecule has 0 unspecified atom stereocenters. The Morgan fingerprint density at radius 1 is 1.05 bits per heavy atom. The number of nitrogens with zero attached hydrogens (tertiary/aromatic N) is 1.